The fourth-order valence-corrected chi connectivity index (χ4v) is 2.91. The van der Waals surface area contributed by atoms with Gasteiger partial charge in [0.2, 0.25) is 5.91 Å². The van der Waals surface area contributed by atoms with Crippen molar-refractivity contribution in [3.63, 3.8) is 0 Å². The zero-order valence-electron chi connectivity index (χ0n) is 10.9. The Morgan fingerprint density at radius 3 is 3.22 bits per heavy atom. The topological polar surface area (TPSA) is 54.0 Å². The van der Waals surface area contributed by atoms with E-state index in [0.717, 1.165) is 36.6 Å². The maximum atomic E-state index is 11.7. The van der Waals surface area contributed by atoms with Gasteiger partial charge in [0.25, 0.3) is 0 Å². The van der Waals surface area contributed by atoms with Gasteiger partial charge >= 0.3 is 0 Å². The number of amides is 1. The van der Waals surface area contributed by atoms with Crippen LogP contribution in [0, 0.1) is 5.92 Å². The Hall–Kier alpha value is -0.940. The first-order valence-electron chi connectivity index (χ1n) is 6.68. The molecule has 4 nitrogen and oxygen atoms in total. The van der Waals surface area contributed by atoms with Crippen LogP contribution in [-0.4, -0.2) is 24.0 Å². The summed E-state index contributed by atoms with van der Waals surface area (Å²) in [4.78, 5) is 16.1. The number of hydrogen-bond acceptors (Lipinski definition) is 4. The Balaban J connectivity index is 1.64. The summed E-state index contributed by atoms with van der Waals surface area (Å²) in [7, 11) is 0. The minimum atomic E-state index is 0.146. The van der Waals surface area contributed by atoms with Crippen LogP contribution >= 0.6 is 11.3 Å². The first-order chi connectivity index (χ1) is 8.78. The highest BCUT2D eigenvalue weighted by molar-refractivity contribution is 7.09. The molecule has 1 aliphatic heterocycles. The van der Waals surface area contributed by atoms with Crippen molar-refractivity contribution >= 4 is 17.2 Å². The fraction of sp³-hybridized carbons (Fsp3) is 0.692. The van der Waals surface area contributed by atoms with Crippen LogP contribution in [0.15, 0.2) is 5.38 Å². The lowest BCUT2D eigenvalue weighted by Crippen LogP contribution is -2.23. The Morgan fingerprint density at radius 2 is 2.56 bits per heavy atom. The van der Waals surface area contributed by atoms with Crippen molar-refractivity contribution in [1.29, 1.82) is 0 Å². The predicted molar refractivity (Wildman–Crippen MR) is 73.5 cm³/mol. The molecule has 2 rings (SSSR count). The summed E-state index contributed by atoms with van der Waals surface area (Å²) in [5.74, 6) is 0.828. The highest BCUT2D eigenvalue weighted by Gasteiger charge is 2.15. The van der Waals surface area contributed by atoms with Crippen LogP contribution in [0.2, 0.25) is 0 Å². The quantitative estimate of drug-likeness (QED) is 0.825. The molecule has 18 heavy (non-hydrogen) atoms. The van der Waals surface area contributed by atoms with E-state index in [1.807, 2.05) is 5.38 Å². The highest BCUT2D eigenvalue weighted by Crippen LogP contribution is 2.14. The molecular weight excluding hydrogens is 246 g/mol. The Bertz CT molecular complexity index is 385. The number of carbonyl (C=O) groups is 1. The molecule has 1 aromatic heterocycles. The summed E-state index contributed by atoms with van der Waals surface area (Å²) in [5, 5.41) is 9.43. The van der Waals surface area contributed by atoms with Crippen molar-refractivity contribution in [2.75, 3.05) is 13.1 Å². The molecule has 100 valence electrons. The molecule has 5 heteroatoms. The molecule has 1 amide bonds. The number of hydrogen-bond donors (Lipinski definition) is 2. The number of thiazole rings is 1. The highest BCUT2D eigenvalue weighted by atomic mass is 32.1. The summed E-state index contributed by atoms with van der Waals surface area (Å²) in [6, 6.07) is 0. The smallest absolute Gasteiger partial charge is 0.220 e. The molecule has 1 unspecified atom stereocenters. The van der Waals surface area contributed by atoms with Crippen molar-refractivity contribution < 1.29 is 4.79 Å². The second-order valence-corrected chi connectivity index (χ2v) is 5.70. The summed E-state index contributed by atoms with van der Waals surface area (Å²) in [6.07, 6.45) is 3.81. The van der Waals surface area contributed by atoms with Gasteiger partial charge in [-0.05, 0) is 38.3 Å². The minimum absolute atomic E-state index is 0.146. The van der Waals surface area contributed by atoms with Gasteiger partial charge < -0.3 is 10.6 Å². The normalized spacial score (nSPS) is 19.1. The van der Waals surface area contributed by atoms with Gasteiger partial charge in [0.15, 0.2) is 0 Å². The van der Waals surface area contributed by atoms with E-state index in [-0.39, 0.29) is 5.91 Å². The van der Waals surface area contributed by atoms with E-state index in [2.05, 4.69) is 22.5 Å². The van der Waals surface area contributed by atoms with Gasteiger partial charge in [-0.1, -0.05) is 6.92 Å². The number of rotatable bonds is 6. The standard InChI is InChI=1S/C13H21N3OS/c1-2-13-16-11(9-18-13)8-15-12(17)4-3-10-5-6-14-7-10/h9-10,14H,2-8H2,1H3,(H,15,17). The average molecular weight is 267 g/mol. The molecule has 0 bridgehead atoms. The molecule has 1 aliphatic rings. The van der Waals surface area contributed by atoms with Gasteiger partial charge in [-0.2, -0.15) is 0 Å². The molecule has 0 aliphatic carbocycles. The number of nitrogens with one attached hydrogen (secondary N) is 2. The minimum Gasteiger partial charge on any atom is -0.350 e. The zero-order valence-corrected chi connectivity index (χ0v) is 11.7. The van der Waals surface area contributed by atoms with E-state index in [4.69, 9.17) is 0 Å². The third-order valence-electron chi connectivity index (χ3n) is 3.31. The van der Waals surface area contributed by atoms with Gasteiger partial charge in [0.05, 0.1) is 17.2 Å². The van der Waals surface area contributed by atoms with Crippen LogP contribution in [0.4, 0.5) is 0 Å². The van der Waals surface area contributed by atoms with Crippen molar-refractivity contribution in [1.82, 2.24) is 15.6 Å². The van der Waals surface area contributed by atoms with E-state index in [0.29, 0.717) is 18.9 Å². The summed E-state index contributed by atoms with van der Waals surface area (Å²) in [5.41, 5.74) is 0.979. The molecule has 0 radical (unpaired) electrons. The summed E-state index contributed by atoms with van der Waals surface area (Å²) in [6.45, 7) is 4.83. The van der Waals surface area contributed by atoms with E-state index in [1.165, 1.54) is 6.42 Å². The van der Waals surface area contributed by atoms with Crippen molar-refractivity contribution in [2.24, 2.45) is 5.92 Å². The predicted octanol–water partition coefficient (Wildman–Crippen LogP) is 1.71. The lowest BCUT2D eigenvalue weighted by Gasteiger charge is -2.07. The molecule has 0 spiro atoms. The van der Waals surface area contributed by atoms with Crippen molar-refractivity contribution in [2.45, 2.75) is 39.2 Å². The van der Waals surface area contributed by atoms with Crippen LogP contribution in [0.1, 0.15) is 36.9 Å². The van der Waals surface area contributed by atoms with Crippen LogP contribution in [0.5, 0.6) is 0 Å². The number of aryl methyl sites for hydroxylation is 1. The van der Waals surface area contributed by atoms with Gasteiger partial charge in [-0.3, -0.25) is 4.79 Å². The molecule has 1 aromatic rings. The van der Waals surface area contributed by atoms with Gasteiger partial charge in [0.1, 0.15) is 0 Å². The Morgan fingerprint density at radius 1 is 1.67 bits per heavy atom. The molecule has 2 heterocycles. The Kier molecular flexibility index (Phi) is 5.13. The SMILES string of the molecule is CCc1nc(CNC(=O)CCC2CCNC2)cs1. The number of nitrogens with zero attached hydrogens (tertiary/aromatic N) is 1. The van der Waals surface area contributed by atoms with E-state index >= 15 is 0 Å². The second kappa shape index (κ2) is 6.85. The third-order valence-corrected chi connectivity index (χ3v) is 4.35. The Labute approximate surface area is 112 Å². The monoisotopic (exact) mass is 267 g/mol. The first-order valence-corrected chi connectivity index (χ1v) is 7.56. The summed E-state index contributed by atoms with van der Waals surface area (Å²) >= 11 is 1.66. The lowest BCUT2D eigenvalue weighted by molar-refractivity contribution is -0.121. The third kappa shape index (κ3) is 4.07. The van der Waals surface area contributed by atoms with Crippen LogP contribution in [0.25, 0.3) is 0 Å². The molecule has 1 saturated heterocycles. The van der Waals surface area contributed by atoms with E-state index < -0.39 is 0 Å². The van der Waals surface area contributed by atoms with Crippen LogP contribution < -0.4 is 10.6 Å². The average Bonchev–Trinajstić information content (AvgIpc) is 3.04. The lowest BCUT2D eigenvalue weighted by atomic mass is 10.0. The molecule has 1 fully saturated rings. The summed E-state index contributed by atoms with van der Waals surface area (Å²) < 4.78 is 0. The number of carbonyl (C=O) groups excluding carboxylic acids is 1. The van der Waals surface area contributed by atoms with Gasteiger partial charge in [-0.25, -0.2) is 4.98 Å². The molecule has 2 N–H and O–H groups in total. The molecule has 0 aromatic carbocycles. The molecular formula is C13H21N3OS. The van der Waals surface area contributed by atoms with Gasteiger partial charge in [0, 0.05) is 11.8 Å². The maximum Gasteiger partial charge on any atom is 0.220 e. The molecule has 0 saturated carbocycles. The van der Waals surface area contributed by atoms with Gasteiger partial charge in [-0.15, -0.1) is 11.3 Å². The second-order valence-electron chi connectivity index (χ2n) is 4.76. The zero-order chi connectivity index (χ0) is 12.8. The van der Waals surface area contributed by atoms with Crippen LogP contribution in [0.3, 0.4) is 0 Å². The van der Waals surface area contributed by atoms with Crippen molar-refractivity contribution in [3.8, 4) is 0 Å². The van der Waals surface area contributed by atoms with E-state index in [1.54, 1.807) is 11.3 Å². The maximum absolute atomic E-state index is 11.7. The van der Waals surface area contributed by atoms with Crippen molar-refractivity contribution in [3.05, 3.63) is 16.1 Å². The first kappa shape index (κ1) is 13.5. The largest absolute Gasteiger partial charge is 0.350 e. The molecule has 1 atom stereocenters. The van der Waals surface area contributed by atoms with E-state index in [9.17, 15) is 4.79 Å². The number of aromatic nitrogens is 1. The fourth-order valence-electron chi connectivity index (χ4n) is 2.17. The van der Waals surface area contributed by atoms with Crippen LogP contribution in [-0.2, 0) is 17.8 Å².